The Balaban J connectivity index is 2.29. The minimum atomic E-state index is -0.864. The molecule has 0 aliphatic carbocycles. The summed E-state index contributed by atoms with van der Waals surface area (Å²) >= 11 is 12.7. The van der Waals surface area contributed by atoms with Crippen LogP contribution >= 0.6 is 23.2 Å². The molecule has 0 bridgehead atoms. The first-order valence-electron chi connectivity index (χ1n) is 10.8. The molecule has 2 aromatic rings. The zero-order valence-electron chi connectivity index (χ0n) is 19.5. The molecule has 1 heterocycles. The van der Waals surface area contributed by atoms with E-state index in [1.807, 2.05) is 0 Å². The number of Topliss-reactive ketones (excluding diaryl/α,β-unsaturated/α-hetero) is 1. The van der Waals surface area contributed by atoms with E-state index >= 15 is 0 Å². The standard InChI is InChI=1S/C25H27Cl2NO6/c1-5-6-9-12-28-20(14-10-7-8-11-17(14)32-2)18(22(30)25(28)31)21(29)15-13-16(26)24(34-4)19(27)23(15)33-3/h7-8,10-11,13,20,29H,5-6,9,12H2,1-4H3/b21-18+. The van der Waals surface area contributed by atoms with Gasteiger partial charge in [-0.25, -0.2) is 0 Å². The number of rotatable bonds is 9. The van der Waals surface area contributed by atoms with Crippen molar-refractivity contribution in [2.75, 3.05) is 27.9 Å². The average molecular weight is 508 g/mol. The molecule has 7 nitrogen and oxygen atoms in total. The minimum absolute atomic E-state index is 0.0325. The van der Waals surface area contributed by atoms with Crippen LogP contribution in [0.15, 0.2) is 35.9 Å². The van der Waals surface area contributed by atoms with Gasteiger partial charge in [0.05, 0.1) is 43.5 Å². The number of carbonyl (C=O) groups excluding carboxylic acids is 2. The lowest BCUT2D eigenvalue weighted by atomic mass is 9.94. The molecule has 3 rings (SSSR count). The molecular formula is C25H27Cl2NO6. The monoisotopic (exact) mass is 507 g/mol. The van der Waals surface area contributed by atoms with E-state index in [1.165, 1.54) is 32.3 Å². The summed E-state index contributed by atoms with van der Waals surface area (Å²) in [6, 6.07) is 7.61. The smallest absolute Gasteiger partial charge is 0.295 e. The van der Waals surface area contributed by atoms with Gasteiger partial charge in [0.2, 0.25) is 0 Å². The van der Waals surface area contributed by atoms with Crippen molar-refractivity contribution in [2.24, 2.45) is 0 Å². The third-order valence-electron chi connectivity index (χ3n) is 5.77. The number of carbonyl (C=O) groups is 2. The summed E-state index contributed by atoms with van der Waals surface area (Å²) in [7, 11) is 4.27. The number of hydrogen-bond donors (Lipinski definition) is 1. The first-order chi connectivity index (χ1) is 16.3. The fourth-order valence-electron chi connectivity index (χ4n) is 4.15. The lowest BCUT2D eigenvalue weighted by Crippen LogP contribution is -2.30. The Morgan fingerprint density at radius 2 is 1.71 bits per heavy atom. The first kappa shape index (κ1) is 25.7. The van der Waals surface area contributed by atoms with E-state index in [2.05, 4.69) is 6.92 Å². The third kappa shape index (κ3) is 4.55. The number of unbranched alkanes of at least 4 members (excludes halogenated alkanes) is 2. The summed E-state index contributed by atoms with van der Waals surface area (Å²) in [5.41, 5.74) is 0.554. The number of benzene rings is 2. The van der Waals surface area contributed by atoms with Crippen LogP contribution < -0.4 is 14.2 Å². The number of halogens is 2. The number of ketones is 1. The van der Waals surface area contributed by atoms with Crippen LogP contribution in [0.5, 0.6) is 17.2 Å². The quantitative estimate of drug-likeness (QED) is 0.205. The largest absolute Gasteiger partial charge is 0.507 e. The van der Waals surface area contributed by atoms with Crippen molar-refractivity contribution in [3.8, 4) is 17.2 Å². The van der Waals surface area contributed by atoms with Crippen LogP contribution in [0.3, 0.4) is 0 Å². The van der Waals surface area contributed by atoms with Crippen molar-refractivity contribution >= 4 is 40.7 Å². The van der Waals surface area contributed by atoms with Crippen molar-refractivity contribution in [3.63, 3.8) is 0 Å². The summed E-state index contributed by atoms with van der Waals surface area (Å²) in [4.78, 5) is 27.8. The van der Waals surface area contributed by atoms with Crippen LogP contribution in [0.1, 0.15) is 43.4 Å². The summed E-state index contributed by atoms with van der Waals surface area (Å²) < 4.78 is 16.1. The predicted molar refractivity (Wildman–Crippen MR) is 131 cm³/mol. The van der Waals surface area contributed by atoms with Gasteiger partial charge in [0, 0.05) is 12.1 Å². The Bertz CT molecular complexity index is 1130. The Hall–Kier alpha value is -2.90. The summed E-state index contributed by atoms with van der Waals surface area (Å²) in [6.07, 6.45) is 2.54. The Labute approximate surface area is 208 Å². The number of nitrogens with zero attached hydrogens (tertiary/aromatic N) is 1. The number of hydrogen-bond acceptors (Lipinski definition) is 6. The van der Waals surface area contributed by atoms with E-state index in [-0.39, 0.29) is 32.7 Å². The topological polar surface area (TPSA) is 85.3 Å². The van der Waals surface area contributed by atoms with Gasteiger partial charge in [-0.2, -0.15) is 0 Å². The highest BCUT2D eigenvalue weighted by atomic mass is 35.5. The van der Waals surface area contributed by atoms with Gasteiger partial charge >= 0.3 is 0 Å². The van der Waals surface area contributed by atoms with Crippen LogP contribution in [0.25, 0.3) is 5.76 Å². The van der Waals surface area contributed by atoms with Crippen molar-refractivity contribution in [1.82, 2.24) is 4.90 Å². The van der Waals surface area contributed by atoms with Crippen molar-refractivity contribution < 1.29 is 28.9 Å². The Morgan fingerprint density at radius 1 is 1.03 bits per heavy atom. The van der Waals surface area contributed by atoms with Gasteiger partial charge in [-0.3, -0.25) is 9.59 Å². The maximum Gasteiger partial charge on any atom is 0.295 e. The molecule has 2 aromatic carbocycles. The molecule has 34 heavy (non-hydrogen) atoms. The molecule has 0 saturated carbocycles. The fourth-order valence-corrected chi connectivity index (χ4v) is 4.84. The first-order valence-corrected chi connectivity index (χ1v) is 11.6. The lowest BCUT2D eigenvalue weighted by Gasteiger charge is -2.26. The normalized spacial score (nSPS) is 17.2. The molecule has 182 valence electrons. The summed E-state index contributed by atoms with van der Waals surface area (Å²) in [5.74, 6) is -1.24. The second-order valence-corrected chi connectivity index (χ2v) is 8.51. The van der Waals surface area contributed by atoms with Gasteiger partial charge < -0.3 is 24.2 Å². The van der Waals surface area contributed by atoms with Gasteiger partial charge in [-0.1, -0.05) is 61.2 Å². The number of aliphatic hydroxyl groups excluding tert-OH is 1. The van der Waals surface area contributed by atoms with Gasteiger partial charge in [-0.15, -0.1) is 0 Å². The van der Waals surface area contributed by atoms with E-state index in [0.717, 1.165) is 12.8 Å². The SMILES string of the molecule is CCCCCN1C(=O)C(=O)/C(=C(/O)c2cc(Cl)c(OC)c(Cl)c2OC)C1c1ccccc1OC. The van der Waals surface area contributed by atoms with E-state index in [0.29, 0.717) is 24.3 Å². The minimum Gasteiger partial charge on any atom is -0.507 e. The zero-order valence-corrected chi connectivity index (χ0v) is 21.0. The van der Waals surface area contributed by atoms with Crippen molar-refractivity contribution in [1.29, 1.82) is 0 Å². The molecule has 1 aliphatic heterocycles. The van der Waals surface area contributed by atoms with Crippen molar-refractivity contribution in [3.05, 3.63) is 57.1 Å². The van der Waals surface area contributed by atoms with E-state index in [4.69, 9.17) is 37.4 Å². The maximum absolute atomic E-state index is 13.3. The highest BCUT2D eigenvalue weighted by Gasteiger charge is 2.47. The number of likely N-dealkylation sites (tertiary alicyclic amines) is 1. The lowest BCUT2D eigenvalue weighted by molar-refractivity contribution is -0.139. The van der Waals surface area contributed by atoms with Gasteiger partial charge in [0.15, 0.2) is 11.5 Å². The second-order valence-electron chi connectivity index (χ2n) is 7.73. The van der Waals surface area contributed by atoms with Gasteiger partial charge in [-0.05, 0) is 18.6 Å². The van der Waals surface area contributed by atoms with Gasteiger partial charge in [0.1, 0.15) is 16.5 Å². The molecular weight excluding hydrogens is 481 g/mol. The molecule has 1 saturated heterocycles. The predicted octanol–water partition coefficient (Wildman–Crippen LogP) is 5.63. The Morgan fingerprint density at radius 3 is 2.32 bits per heavy atom. The molecule has 1 atom stereocenters. The molecule has 0 radical (unpaired) electrons. The maximum atomic E-state index is 13.3. The van der Waals surface area contributed by atoms with Crippen LogP contribution in [0.2, 0.25) is 10.0 Å². The molecule has 1 aliphatic rings. The molecule has 0 aromatic heterocycles. The van der Waals surface area contributed by atoms with E-state index in [9.17, 15) is 14.7 Å². The second kappa shape index (κ2) is 11.0. The molecule has 1 unspecified atom stereocenters. The van der Waals surface area contributed by atoms with Crippen molar-refractivity contribution in [2.45, 2.75) is 32.2 Å². The molecule has 1 amide bonds. The molecule has 1 N–H and O–H groups in total. The fraction of sp³-hybridized carbons (Fsp3) is 0.360. The molecule has 1 fully saturated rings. The van der Waals surface area contributed by atoms with Gasteiger partial charge in [0.25, 0.3) is 11.7 Å². The number of para-hydroxylation sites is 1. The van der Waals surface area contributed by atoms with E-state index < -0.39 is 23.5 Å². The average Bonchev–Trinajstić information content (AvgIpc) is 3.08. The number of amides is 1. The number of aliphatic hydroxyl groups is 1. The highest BCUT2D eigenvalue weighted by Crippen LogP contribution is 2.48. The molecule has 0 spiro atoms. The van der Waals surface area contributed by atoms with E-state index in [1.54, 1.807) is 24.3 Å². The number of methoxy groups -OCH3 is 3. The summed E-state index contributed by atoms with van der Waals surface area (Å²) in [6.45, 7) is 2.40. The third-order valence-corrected chi connectivity index (χ3v) is 6.39. The van der Waals surface area contributed by atoms with Crippen LogP contribution in [-0.2, 0) is 9.59 Å². The number of ether oxygens (including phenoxy) is 3. The summed E-state index contributed by atoms with van der Waals surface area (Å²) in [5, 5.41) is 11.6. The van der Waals surface area contributed by atoms with Crippen LogP contribution in [-0.4, -0.2) is 49.6 Å². The zero-order chi connectivity index (χ0) is 25.0. The molecule has 9 heteroatoms. The Kier molecular flexibility index (Phi) is 8.33. The van der Waals surface area contributed by atoms with Crippen LogP contribution in [0.4, 0.5) is 0 Å². The highest BCUT2D eigenvalue weighted by molar-refractivity contribution is 6.47. The van der Waals surface area contributed by atoms with Crippen LogP contribution in [0, 0.1) is 0 Å².